The van der Waals surface area contributed by atoms with Gasteiger partial charge in [0.15, 0.2) is 4.96 Å². The van der Waals surface area contributed by atoms with Crippen molar-refractivity contribution >= 4 is 28.3 Å². The van der Waals surface area contributed by atoms with Crippen LogP contribution in [-0.4, -0.2) is 32.8 Å². The molecule has 1 saturated carbocycles. The summed E-state index contributed by atoms with van der Waals surface area (Å²) in [5.41, 5.74) is 3.88. The second-order valence-corrected chi connectivity index (χ2v) is 8.61. The number of benzene rings is 2. The Balaban J connectivity index is 1.30. The first-order chi connectivity index (χ1) is 15.2. The van der Waals surface area contributed by atoms with E-state index in [0.717, 1.165) is 46.7 Å². The van der Waals surface area contributed by atoms with Gasteiger partial charge in [0.25, 0.3) is 0 Å². The number of fused-ring (bicyclic) bond motifs is 1. The quantitative estimate of drug-likeness (QED) is 0.365. The molecule has 0 radical (unpaired) electrons. The zero-order chi connectivity index (χ0) is 21.2. The van der Waals surface area contributed by atoms with Crippen LogP contribution < -0.4 is 0 Å². The van der Waals surface area contributed by atoms with Crippen LogP contribution in [0.2, 0.25) is 0 Å². The lowest BCUT2D eigenvalue weighted by Crippen LogP contribution is -2.33. The maximum absolute atomic E-state index is 13.2. The Morgan fingerprint density at radius 3 is 2.68 bits per heavy atom. The smallest absolute Gasteiger partial charge is 0.246 e. The number of rotatable bonds is 7. The van der Waals surface area contributed by atoms with E-state index >= 15 is 0 Å². The van der Waals surface area contributed by atoms with E-state index in [2.05, 4.69) is 14.8 Å². The monoisotopic (exact) mass is 431 g/mol. The van der Waals surface area contributed by atoms with Crippen LogP contribution in [0.25, 0.3) is 22.3 Å². The summed E-state index contributed by atoms with van der Waals surface area (Å²) in [7, 11) is 0. The fourth-order valence-electron chi connectivity index (χ4n) is 3.69. The maximum Gasteiger partial charge on any atom is 0.246 e. The standard InChI is InChI=1S/C25H22FN3OS/c26-20-9-7-19(8-10-20)23-16-29-22(17-31-25(29)27-23)14-15-28(21-11-12-21)24(30)13-6-18-4-2-1-3-5-18/h1-10,13,16-17,21H,11-12,14-15H2. The first-order valence-corrected chi connectivity index (χ1v) is 11.3. The summed E-state index contributed by atoms with van der Waals surface area (Å²) in [6.07, 6.45) is 8.47. The molecule has 0 saturated heterocycles. The van der Waals surface area contributed by atoms with Gasteiger partial charge in [-0.2, -0.15) is 0 Å². The molecule has 0 spiro atoms. The van der Waals surface area contributed by atoms with E-state index in [9.17, 15) is 9.18 Å². The summed E-state index contributed by atoms with van der Waals surface area (Å²) in [6.45, 7) is 0.679. The Morgan fingerprint density at radius 1 is 1.16 bits per heavy atom. The zero-order valence-electron chi connectivity index (χ0n) is 16.9. The number of amides is 1. The second-order valence-electron chi connectivity index (χ2n) is 7.77. The molecule has 4 aromatic rings. The molecular weight excluding hydrogens is 409 g/mol. The number of thiazole rings is 1. The van der Waals surface area contributed by atoms with Gasteiger partial charge >= 0.3 is 0 Å². The molecule has 0 atom stereocenters. The van der Waals surface area contributed by atoms with Crippen LogP contribution >= 0.6 is 11.3 Å². The van der Waals surface area contributed by atoms with Crippen molar-refractivity contribution in [1.29, 1.82) is 0 Å². The molecule has 1 fully saturated rings. The Kier molecular flexibility index (Phi) is 5.38. The van der Waals surface area contributed by atoms with E-state index in [-0.39, 0.29) is 11.7 Å². The van der Waals surface area contributed by atoms with Crippen LogP contribution in [0.3, 0.4) is 0 Å². The molecule has 156 valence electrons. The van der Waals surface area contributed by atoms with Gasteiger partial charge in [0.2, 0.25) is 5.91 Å². The van der Waals surface area contributed by atoms with Crippen molar-refractivity contribution < 1.29 is 9.18 Å². The fraction of sp³-hybridized carbons (Fsp3) is 0.200. The van der Waals surface area contributed by atoms with Gasteiger partial charge in [-0.3, -0.25) is 9.20 Å². The van der Waals surface area contributed by atoms with E-state index in [0.29, 0.717) is 12.6 Å². The summed E-state index contributed by atoms with van der Waals surface area (Å²) < 4.78 is 15.3. The first-order valence-electron chi connectivity index (χ1n) is 10.4. The average molecular weight is 432 g/mol. The molecule has 0 N–H and O–H groups in total. The minimum absolute atomic E-state index is 0.0652. The predicted molar refractivity (Wildman–Crippen MR) is 122 cm³/mol. The van der Waals surface area contributed by atoms with Gasteiger partial charge in [-0.1, -0.05) is 30.3 Å². The van der Waals surface area contributed by atoms with Crippen LogP contribution in [0.15, 0.2) is 72.3 Å². The lowest BCUT2D eigenvalue weighted by molar-refractivity contribution is -0.126. The van der Waals surface area contributed by atoms with Crippen LogP contribution in [0.1, 0.15) is 24.1 Å². The highest BCUT2D eigenvalue weighted by Gasteiger charge is 2.31. The van der Waals surface area contributed by atoms with E-state index < -0.39 is 0 Å². The van der Waals surface area contributed by atoms with Gasteiger partial charge in [0.1, 0.15) is 5.82 Å². The maximum atomic E-state index is 13.2. The second kappa shape index (κ2) is 8.47. The highest BCUT2D eigenvalue weighted by molar-refractivity contribution is 7.15. The van der Waals surface area contributed by atoms with Crippen LogP contribution in [0, 0.1) is 5.82 Å². The average Bonchev–Trinajstić information content (AvgIpc) is 3.43. The molecule has 2 aromatic carbocycles. The van der Waals surface area contributed by atoms with Crippen molar-refractivity contribution in [3.05, 3.63) is 89.3 Å². The molecule has 1 aliphatic carbocycles. The molecule has 2 aromatic heterocycles. The van der Waals surface area contributed by atoms with Gasteiger partial charge in [-0.25, -0.2) is 9.37 Å². The third kappa shape index (κ3) is 4.44. The topological polar surface area (TPSA) is 37.6 Å². The summed E-state index contributed by atoms with van der Waals surface area (Å²) in [5.74, 6) is -0.188. The largest absolute Gasteiger partial charge is 0.336 e. The van der Waals surface area contributed by atoms with E-state index in [1.165, 1.54) is 12.1 Å². The van der Waals surface area contributed by atoms with Crippen molar-refractivity contribution in [2.75, 3.05) is 6.54 Å². The molecule has 0 aliphatic heterocycles. The molecule has 5 rings (SSSR count). The molecule has 0 bridgehead atoms. The van der Waals surface area contributed by atoms with Crippen LogP contribution in [0.4, 0.5) is 4.39 Å². The molecule has 1 aliphatic rings. The van der Waals surface area contributed by atoms with E-state index in [1.54, 1.807) is 29.5 Å². The Morgan fingerprint density at radius 2 is 1.94 bits per heavy atom. The zero-order valence-corrected chi connectivity index (χ0v) is 17.8. The third-order valence-electron chi connectivity index (χ3n) is 5.52. The number of aromatic nitrogens is 2. The van der Waals surface area contributed by atoms with E-state index in [1.807, 2.05) is 47.5 Å². The molecular formula is C25H22FN3OS. The Hall–Kier alpha value is -3.25. The van der Waals surface area contributed by atoms with Crippen molar-refractivity contribution in [2.24, 2.45) is 0 Å². The first kappa shape index (κ1) is 19.7. The number of imidazole rings is 1. The van der Waals surface area contributed by atoms with Gasteiger partial charge in [0.05, 0.1) is 5.69 Å². The highest BCUT2D eigenvalue weighted by atomic mass is 32.1. The van der Waals surface area contributed by atoms with Crippen molar-refractivity contribution in [1.82, 2.24) is 14.3 Å². The highest BCUT2D eigenvalue weighted by Crippen LogP contribution is 2.28. The number of carbonyl (C=O) groups is 1. The minimum atomic E-state index is -0.253. The number of hydrogen-bond acceptors (Lipinski definition) is 3. The van der Waals surface area contributed by atoms with Gasteiger partial charge < -0.3 is 4.90 Å². The summed E-state index contributed by atoms with van der Waals surface area (Å²) in [5, 5.41) is 2.10. The lowest BCUT2D eigenvalue weighted by Gasteiger charge is -2.20. The molecule has 31 heavy (non-hydrogen) atoms. The summed E-state index contributed by atoms with van der Waals surface area (Å²) >= 11 is 1.58. The molecule has 1 amide bonds. The minimum Gasteiger partial charge on any atom is -0.336 e. The number of carbonyl (C=O) groups excluding carboxylic acids is 1. The molecule has 0 unspecified atom stereocenters. The summed E-state index contributed by atoms with van der Waals surface area (Å²) in [6, 6.07) is 16.6. The molecule has 6 heteroatoms. The number of halogens is 1. The normalized spacial score (nSPS) is 13.8. The Labute approximate surface area is 184 Å². The van der Waals surface area contributed by atoms with Crippen LogP contribution in [-0.2, 0) is 11.2 Å². The SMILES string of the molecule is O=C(C=Cc1ccccc1)N(CCc1csc2nc(-c3ccc(F)cc3)cn12)C1CC1. The Bertz CT molecular complexity index is 1220. The fourth-order valence-corrected chi connectivity index (χ4v) is 4.60. The van der Waals surface area contributed by atoms with Crippen molar-refractivity contribution in [2.45, 2.75) is 25.3 Å². The van der Waals surface area contributed by atoms with Gasteiger partial charge in [0, 0.05) is 47.9 Å². The third-order valence-corrected chi connectivity index (χ3v) is 6.41. The number of hydrogen-bond donors (Lipinski definition) is 0. The molecule has 2 heterocycles. The van der Waals surface area contributed by atoms with Gasteiger partial charge in [-0.05, 0) is 48.7 Å². The lowest BCUT2D eigenvalue weighted by atomic mass is 10.2. The van der Waals surface area contributed by atoms with Gasteiger partial charge in [-0.15, -0.1) is 11.3 Å². The predicted octanol–water partition coefficient (Wildman–Crippen LogP) is 5.45. The molecule has 4 nitrogen and oxygen atoms in total. The van der Waals surface area contributed by atoms with Crippen molar-refractivity contribution in [3.63, 3.8) is 0 Å². The van der Waals surface area contributed by atoms with Crippen LogP contribution in [0.5, 0.6) is 0 Å². The summed E-state index contributed by atoms with van der Waals surface area (Å²) in [4.78, 5) is 20.4. The van der Waals surface area contributed by atoms with Crippen molar-refractivity contribution in [3.8, 4) is 11.3 Å². The number of nitrogens with zero attached hydrogens (tertiary/aromatic N) is 3. The van der Waals surface area contributed by atoms with E-state index in [4.69, 9.17) is 0 Å².